The summed E-state index contributed by atoms with van der Waals surface area (Å²) < 4.78 is 12.5. The van der Waals surface area contributed by atoms with E-state index in [1.54, 1.807) is 0 Å². The minimum atomic E-state index is -0.769. The zero-order chi connectivity index (χ0) is 34.5. The number of H-pyrrole nitrogens is 1. The fraction of sp³-hybridized carbons (Fsp3) is 0.189. The second-order valence-electron chi connectivity index (χ2n) is 11.6. The van der Waals surface area contributed by atoms with Gasteiger partial charge in [0.05, 0.1) is 6.42 Å². The molecule has 5 aromatic rings. The van der Waals surface area contributed by atoms with Gasteiger partial charge in [-0.1, -0.05) is 133 Å². The van der Waals surface area contributed by atoms with Crippen LogP contribution in [0, 0.1) is 0 Å². The summed E-state index contributed by atoms with van der Waals surface area (Å²) in [6.45, 7) is 0. The lowest BCUT2D eigenvalue weighted by molar-refractivity contribution is -0.153. The minimum Gasteiger partial charge on any atom is -0.452 e. The van der Waals surface area contributed by atoms with Crippen LogP contribution in [0.25, 0.3) is 0 Å². The van der Waals surface area contributed by atoms with Crippen LogP contribution in [0.3, 0.4) is 0 Å². The molecule has 3 heterocycles. The van der Waals surface area contributed by atoms with Crippen molar-refractivity contribution in [1.82, 2.24) is 25.5 Å². The highest BCUT2D eigenvalue weighted by Crippen LogP contribution is 2.45. The number of nitrogens with zero attached hydrogens (tertiary/aromatic N) is 4. The Kier molecular flexibility index (Phi) is 10.1. The van der Waals surface area contributed by atoms with E-state index >= 15 is 0 Å². The first-order valence-corrected chi connectivity index (χ1v) is 17.8. The van der Waals surface area contributed by atoms with Crippen LogP contribution in [0.2, 0.25) is 0 Å². The van der Waals surface area contributed by atoms with Gasteiger partial charge in [-0.05, 0) is 33.0 Å². The van der Waals surface area contributed by atoms with E-state index in [1.807, 2.05) is 121 Å². The number of thioether (sulfide) groups is 2. The molecular formula is C37H32N6O5S2. The zero-order valence-corrected chi connectivity index (χ0v) is 28.2. The van der Waals surface area contributed by atoms with Gasteiger partial charge in [0.25, 0.3) is 0 Å². The maximum Gasteiger partial charge on any atom is 0.356 e. The lowest BCUT2D eigenvalue weighted by atomic mass is 9.99. The van der Waals surface area contributed by atoms with Crippen LogP contribution in [0.4, 0.5) is 0 Å². The molecule has 13 heteroatoms. The van der Waals surface area contributed by atoms with E-state index in [0.29, 0.717) is 11.3 Å². The summed E-state index contributed by atoms with van der Waals surface area (Å²) in [5.41, 5.74) is 9.91. The van der Waals surface area contributed by atoms with Gasteiger partial charge in [0.1, 0.15) is 17.1 Å². The maximum atomic E-state index is 14.4. The minimum absolute atomic E-state index is 0.0637. The summed E-state index contributed by atoms with van der Waals surface area (Å²) in [4.78, 5) is 43.1. The Balaban J connectivity index is 1.25. The molecule has 2 unspecified atom stereocenters. The van der Waals surface area contributed by atoms with Gasteiger partial charge < -0.3 is 15.2 Å². The summed E-state index contributed by atoms with van der Waals surface area (Å²) in [5.74, 6) is -1.32. The third-order valence-corrected chi connectivity index (χ3v) is 10.9. The highest BCUT2D eigenvalue weighted by Gasteiger charge is 2.53. The van der Waals surface area contributed by atoms with Crippen LogP contribution >= 0.6 is 23.5 Å². The summed E-state index contributed by atoms with van der Waals surface area (Å²) in [6, 6.07) is 37.0. The molecule has 0 radical (unpaired) electrons. The van der Waals surface area contributed by atoms with Crippen molar-refractivity contribution in [3.63, 3.8) is 0 Å². The molecule has 7 rings (SSSR count). The third-order valence-electron chi connectivity index (χ3n) is 8.43. The third kappa shape index (κ3) is 7.06. The fourth-order valence-electron chi connectivity index (χ4n) is 6.00. The first-order valence-electron chi connectivity index (χ1n) is 15.9. The lowest BCUT2D eigenvalue weighted by Crippen LogP contribution is -2.68. The van der Waals surface area contributed by atoms with Crippen molar-refractivity contribution in [3.05, 3.63) is 155 Å². The van der Waals surface area contributed by atoms with Crippen molar-refractivity contribution in [2.45, 2.75) is 40.5 Å². The highest BCUT2D eigenvalue weighted by atomic mass is 32.2. The Morgan fingerprint density at radius 1 is 0.820 bits per heavy atom. The number of amides is 1. The number of nitrogens with one attached hydrogen (secondary N) is 1. The molecule has 1 fully saturated rings. The van der Waals surface area contributed by atoms with Gasteiger partial charge in [-0.25, -0.2) is 4.79 Å². The molecule has 3 N–H and O–H groups in total. The number of hydrogen-bond acceptors (Lipinski definition) is 11. The van der Waals surface area contributed by atoms with Crippen LogP contribution in [0.5, 0.6) is 0 Å². The summed E-state index contributed by atoms with van der Waals surface area (Å²) in [6.07, 6.45) is -1.60. The second kappa shape index (κ2) is 15.1. The van der Waals surface area contributed by atoms with E-state index in [-0.39, 0.29) is 17.3 Å². The molecule has 0 saturated carbocycles. The molecule has 252 valence electrons. The molecule has 0 spiro atoms. The van der Waals surface area contributed by atoms with Crippen molar-refractivity contribution < 1.29 is 23.9 Å². The van der Waals surface area contributed by atoms with E-state index < -0.39 is 46.7 Å². The maximum absolute atomic E-state index is 14.4. The van der Waals surface area contributed by atoms with Crippen LogP contribution in [-0.4, -0.2) is 65.8 Å². The van der Waals surface area contributed by atoms with Crippen LogP contribution < -0.4 is 5.73 Å². The summed E-state index contributed by atoms with van der Waals surface area (Å²) >= 11 is 2.57. The predicted molar refractivity (Wildman–Crippen MR) is 188 cm³/mol. The standard InChI is InChI=1S/C37H32N6O5S2/c38-30-34(45)43-31(36(46)48-33(25-17-9-3-10-18-25)26-19-11-4-12-20-26)27(22-49-35(30)43)28(50-37-39-41-42-40-37)21-29(44)47-32(23-13-5-1-6-14-23)24-15-7-2-8-16-24/h1-20,28,30,32-33,35H,21-22,38H2,(H,39,40,41,42)/t28?,30?,35-/m0/s1. The predicted octanol–water partition coefficient (Wildman–Crippen LogP) is 5.21. The van der Waals surface area contributed by atoms with Crippen molar-refractivity contribution in [2.24, 2.45) is 5.73 Å². The number of carbonyl (C=O) groups is 3. The molecule has 1 aromatic heterocycles. The molecule has 1 amide bonds. The molecule has 50 heavy (non-hydrogen) atoms. The lowest BCUT2D eigenvalue weighted by Gasteiger charge is -2.49. The van der Waals surface area contributed by atoms with Crippen molar-refractivity contribution in [2.75, 3.05) is 5.75 Å². The van der Waals surface area contributed by atoms with Crippen molar-refractivity contribution in [3.8, 4) is 0 Å². The smallest absolute Gasteiger partial charge is 0.356 e. The quantitative estimate of drug-likeness (QED) is 0.1000. The normalized spacial score (nSPS) is 17.7. The van der Waals surface area contributed by atoms with E-state index in [2.05, 4.69) is 20.6 Å². The number of β-lactam (4-membered cyclic amide) rings is 1. The summed E-state index contributed by atoms with van der Waals surface area (Å²) in [7, 11) is 0. The van der Waals surface area contributed by atoms with Crippen LogP contribution in [-0.2, 0) is 23.9 Å². The Morgan fingerprint density at radius 2 is 1.32 bits per heavy atom. The fourth-order valence-corrected chi connectivity index (χ4v) is 8.47. The number of carbonyl (C=O) groups excluding carboxylic acids is 3. The number of aromatic nitrogens is 4. The highest BCUT2D eigenvalue weighted by molar-refractivity contribution is 8.01. The van der Waals surface area contributed by atoms with Gasteiger partial charge in [0.2, 0.25) is 11.1 Å². The molecular weight excluding hydrogens is 673 g/mol. The molecule has 1 saturated heterocycles. The largest absolute Gasteiger partial charge is 0.452 e. The van der Waals surface area contributed by atoms with Crippen LogP contribution in [0.1, 0.15) is 40.9 Å². The molecule has 0 aliphatic carbocycles. The molecule has 2 aliphatic rings. The molecule has 11 nitrogen and oxygen atoms in total. The van der Waals surface area contributed by atoms with Crippen LogP contribution in [0.15, 0.2) is 138 Å². The van der Waals surface area contributed by atoms with Gasteiger partial charge in [0, 0.05) is 11.0 Å². The number of esters is 2. The number of benzene rings is 4. The monoisotopic (exact) mass is 704 g/mol. The topological polar surface area (TPSA) is 153 Å². The Bertz CT molecular complexity index is 1890. The van der Waals surface area contributed by atoms with E-state index in [9.17, 15) is 14.4 Å². The van der Waals surface area contributed by atoms with Crippen molar-refractivity contribution in [1.29, 1.82) is 0 Å². The van der Waals surface area contributed by atoms with Gasteiger partial charge in [0.15, 0.2) is 12.2 Å². The average molecular weight is 705 g/mol. The SMILES string of the molecule is NC1C(=O)N2C(C(=O)OC(c3ccccc3)c3ccccc3)=C(C(CC(=O)OC(c3ccccc3)c3ccccc3)Sc3nn[nH]n3)CS[C@@H]12. The van der Waals surface area contributed by atoms with Crippen molar-refractivity contribution >= 4 is 41.4 Å². The first-order chi connectivity index (χ1) is 24.5. The molecule has 4 aromatic carbocycles. The van der Waals surface area contributed by atoms with E-state index in [1.165, 1.54) is 16.7 Å². The average Bonchev–Trinajstić information content (AvgIpc) is 3.69. The number of fused-ring (bicyclic) bond motifs is 1. The van der Waals surface area contributed by atoms with E-state index in [4.69, 9.17) is 15.2 Å². The first kappa shape index (κ1) is 33.3. The molecule has 0 bridgehead atoms. The number of tetrazole rings is 1. The Morgan fingerprint density at radius 3 is 1.80 bits per heavy atom. The molecule has 3 atom stereocenters. The van der Waals surface area contributed by atoms with E-state index in [0.717, 1.165) is 34.0 Å². The van der Waals surface area contributed by atoms with Gasteiger partial charge in [-0.2, -0.15) is 5.21 Å². The number of hydrogen-bond donors (Lipinski definition) is 2. The number of nitrogens with two attached hydrogens (primary N) is 1. The molecule has 2 aliphatic heterocycles. The summed E-state index contributed by atoms with van der Waals surface area (Å²) in [5, 5.41) is 13.4. The Labute approximate surface area is 296 Å². The van der Waals surface area contributed by atoms with Gasteiger partial charge >= 0.3 is 11.9 Å². The number of ether oxygens (including phenoxy) is 2. The van der Waals surface area contributed by atoms with Gasteiger partial charge in [-0.15, -0.1) is 22.0 Å². The van der Waals surface area contributed by atoms with Gasteiger partial charge in [-0.3, -0.25) is 14.5 Å². The second-order valence-corrected chi connectivity index (χ2v) is 13.9. The number of aromatic amines is 1. The Hall–Kier alpha value is -5.24. The zero-order valence-electron chi connectivity index (χ0n) is 26.6. The number of rotatable bonds is 12.